The molecule has 0 aromatic carbocycles. The molecular formula is C14H21N3OS. The van der Waals surface area contributed by atoms with E-state index < -0.39 is 0 Å². The van der Waals surface area contributed by atoms with Crippen LogP contribution in [-0.4, -0.2) is 36.1 Å². The van der Waals surface area contributed by atoms with E-state index in [-0.39, 0.29) is 11.5 Å². The number of ether oxygens (including phenoxy) is 1. The zero-order valence-corrected chi connectivity index (χ0v) is 12.7. The molecule has 0 aliphatic carbocycles. The highest BCUT2D eigenvalue weighted by Crippen LogP contribution is 2.30. The number of thiazole rings is 1. The monoisotopic (exact) mass is 279 g/mol. The predicted molar refractivity (Wildman–Crippen MR) is 76.2 cm³/mol. The summed E-state index contributed by atoms with van der Waals surface area (Å²) in [6, 6.07) is 2.20. The van der Waals surface area contributed by atoms with Gasteiger partial charge in [-0.1, -0.05) is 20.8 Å². The Morgan fingerprint density at radius 2 is 2.37 bits per heavy atom. The molecule has 1 atom stereocenters. The normalized spacial score (nSPS) is 21.3. The van der Waals surface area contributed by atoms with Crippen molar-refractivity contribution in [2.24, 2.45) is 0 Å². The van der Waals surface area contributed by atoms with Gasteiger partial charge in [0, 0.05) is 36.9 Å². The van der Waals surface area contributed by atoms with Crippen LogP contribution in [0, 0.1) is 11.3 Å². The average molecular weight is 279 g/mol. The van der Waals surface area contributed by atoms with Crippen LogP contribution in [0.15, 0.2) is 5.38 Å². The average Bonchev–Trinajstić information content (AvgIpc) is 2.86. The molecule has 0 amide bonds. The number of hydrogen-bond acceptors (Lipinski definition) is 5. The van der Waals surface area contributed by atoms with Gasteiger partial charge in [0.05, 0.1) is 18.4 Å². The minimum Gasteiger partial charge on any atom is -0.368 e. The number of morpholine rings is 1. The second-order valence-electron chi connectivity index (χ2n) is 5.89. The van der Waals surface area contributed by atoms with Crippen molar-refractivity contribution in [1.29, 1.82) is 5.26 Å². The summed E-state index contributed by atoms with van der Waals surface area (Å²) < 4.78 is 5.82. The molecule has 1 aromatic heterocycles. The van der Waals surface area contributed by atoms with Crippen LogP contribution in [0.1, 0.15) is 44.0 Å². The molecule has 1 fully saturated rings. The van der Waals surface area contributed by atoms with Gasteiger partial charge in [-0.2, -0.15) is 5.26 Å². The van der Waals surface area contributed by atoms with Gasteiger partial charge in [0.25, 0.3) is 0 Å². The highest BCUT2D eigenvalue weighted by Gasteiger charge is 2.26. The molecule has 0 spiro atoms. The molecule has 19 heavy (non-hydrogen) atoms. The first-order chi connectivity index (χ1) is 9.00. The molecule has 104 valence electrons. The fourth-order valence-corrected chi connectivity index (χ4v) is 3.13. The lowest BCUT2D eigenvalue weighted by Crippen LogP contribution is -2.38. The minimum atomic E-state index is 0.0635. The largest absolute Gasteiger partial charge is 0.368 e. The predicted octanol–water partition coefficient (Wildman–Crippen LogP) is 2.73. The van der Waals surface area contributed by atoms with Crippen molar-refractivity contribution in [1.82, 2.24) is 9.88 Å². The maximum Gasteiger partial charge on any atom is 0.123 e. The Hall–Kier alpha value is -0.960. The van der Waals surface area contributed by atoms with Crippen molar-refractivity contribution in [3.05, 3.63) is 16.1 Å². The Morgan fingerprint density at radius 3 is 3.00 bits per heavy atom. The summed E-state index contributed by atoms with van der Waals surface area (Å²) in [6.45, 7) is 9.83. The molecule has 1 aromatic rings. The molecule has 0 bridgehead atoms. The highest BCUT2D eigenvalue weighted by atomic mass is 32.1. The molecule has 0 radical (unpaired) electrons. The van der Waals surface area contributed by atoms with Crippen molar-refractivity contribution < 1.29 is 4.74 Å². The summed E-state index contributed by atoms with van der Waals surface area (Å²) in [5.74, 6) is 0. The zero-order valence-electron chi connectivity index (χ0n) is 11.8. The van der Waals surface area contributed by atoms with Gasteiger partial charge < -0.3 is 4.74 Å². The molecule has 0 N–H and O–H groups in total. The van der Waals surface area contributed by atoms with Crippen LogP contribution in [0.5, 0.6) is 0 Å². The summed E-state index contributed by atoms with van der Waals surface area (Å²) in [5.41, 5.74) is 1.22. The maximum atomic E-state index is 8.65. The number of nitrogens with zero attached hydrogens (tertiary/aromatic N) is 3. The van der Waals surface area contributed by atoms with E-state index in [9.17, 15) is 0 Å². The van der Waals surface area contributed by atoms with Crippen molar-refractivity contribution in [3.8, 4) is 6.07 Å². The Kier molecular flexibility index (Phi) is 4.56. The molecule has 1 saturated heterocycles. The van der Waals surface area contributed by atoms with E-state index in [1.54, 1.807) is 11.3 Å². The molecule has 5 heteroatoms. The number of hydrogen-bond donors (Lipinski definition) is 0. The van der Waals surface area contributed by atoms with Crippen molar-refractivity contribution in [2.75, 3.05) is 26.2 Å². The first-order valence-corrected chi connectivity index (χ1v) is 7.55. The summed E-state index contributed by atoms with van der Waals surface area (Å²) >= 11 is 1.68. The quantitative estimate of drug-likeness (QED) is 0.853. The highest BCUT2D eigenvalue weighted by molar-refractivity contribution is 7.09. The van der Waals surface area contributed by atoms with Gasteiger partial charge >= 0.3 is 0 Å². The molecule has 1 aliphatic heterocycles. The van der Waals surface area contributed by atoms with Crippen LogP contribution in [-0.2, 0) is 10.2 Å². The first-order valence-electron chi connectivity index (χ1n) is 6.67. The zero-order chi connectivity index (χ0) is 13.9. The van der Waals surface area contributed by atoms with E-state index in [1.165, 1.54) is 0 Å². The SMILES string of the molecule is CC(C)(C)c1csc([C@@H]2CN(CCC#N)CCO2)n1. The number of nitriles is 1. The van der Waals surface area contributed by atoms with Crippen LogP contribution in [0.3, 0.4) is 0 Å². The van der Waals surface area contributed by atoms with Crippen LogP contribution < -0.4 is 0 Å². The van der Waals surface area contributed by atoms with Crippen LogP contribution in [0.4, 0.5) is 0 Å². The Labute approximate surface area is 119 Å². The van der Waals surface area contributed by atoms with Gasteiger partial charge in [-0.15, -0.1) is 11.3 Å². The maximum absolute atomic E-state index is 8.65. The van der Waals surface area contributed by atoms with Gasteiger partial charge in [0.1, 0.15) is 11.1 Å². The number of rotatable bonds is 3. The molecular weight excluding hydrogens is 258 g/mol. The summed E-state index contributed by atoms with van der Waals surface area (Å²) in [4.78, 5) is 7.01. The van der Waals surface area contributed by atoms with E-state index in [1.807, 2.05) is 0 Å². The molecule has 2 heterocycles. The summed E-state index contributed by atoms with van der Waals surface area (Å²) in [7, 11) is 0. The lowest BCUT2D eigenvalue weighted by atomic mass is 9.93. The molecule has 0 saturated carbocycles. The van der Waals surface area contributed by atoms with Crippen molar-refractivity contribution in [2.45, 2.75) is 38.7 Å². The van der Waals surface area contributed by atoms with E-state index in [4.69, 9.17) is 15.0 Å². The second-order valence-corrected chi connectivity index (χ2v) is 6.78. The minimum absolute atomic E-state index is 0.0635. The lowest BCUT2D eigenvalue weighted by molar-refractivity contribution is -0.0294. The standard InChI is InChI=1S/C14H21N3OS/c1-14(2,3)12-10-19-13(16-12)11-9-17(6-4-5-15)7-8-18-11/h10-11H,4,6-9H2,1-3H3/t11-/m0/s1. The van der Waals surface area contributed by atoms with Crippen molar-refractivity contribution in [3.63, 3.8) is 0 Å². The number of aromatic nitrogens is 1. The van der Waals surface area contributed by atoms with Gasteiger partial charge in [-0.05, 0) is 0 Å². The Balaban J connectivity index is 2.01. The van der Waals surface area contributed by atoms with E-state index >= 15 is 0 Å². The fourth-order valence-electron chi connectivity index (χ4n) is 2.04. The topological polar surface area (TPSA) is 49.2 Å². The van der Waals surface area contributed by atoms with Gasteiger partial charge in [0.2, 0.25) is 0 Å². The van der Waals surface area contributed by atoms with Crippen LogP contribution >= 0.6 is 11.3 Å². The van der Waals surface area contributed by atoms with Gasteiger partial charge in [-0.3, -0.25) is 4.90 Å². The fraction of sp³-hybridized carbons (Fsp3) is 0.714. The molecule has 4 nitrogen and oxygen atoms in total. The van der Waals surface area contributed by atoms with E-state index in [2.05, 4.69) is 37.1 Å². The summed E-state index contributed by atoms with van der Waals surface area (Å²) in [5, 5.41) is 11.8. The third kappa shape index (κ3) is 3.75. The Bertz CT molecular complexity index is 458. The van der Waals surface area contributed by atoms with E-state index in [0.29, 0.717) is 6.42 Å². The third-order valence-corrected chi connectivity index (χ3v) is 4.19. The molecule has 2 rings (SSSR count). The summed E-state index contributed by atoms with van der Waals surface area (Å²) in [6.07, 6.45) is 0.645. The Morgan fingerprint density at radius 1 is 1.58 bits per heavy atom. The van der Waals surface area contributed by atoms with Gasteiger partial charge in [0.15, 0.2) is 0 Å². The van der Waals surface area contributed by atoms with Crippen LogP contribution in [0.25, 0.3) is 0 Å². The lowest BCUT2D eigenvalue weighted by Gasteiger charge is -2.31. The van der Waals surface area contributed by atoms with E-state index in [0.717, 1.165) is 36.9 Å². The van der Waals surface area contributed by atoms with Gasteiger partial charge in [-0.25, -0.2) is 4.98 Å². The second kappa shape index (κ2) is 6.00. The van der Waals surface area contributed by atoms with Crippen LogP contribution in [0.2, 0.25) is 0 Å². The first kappa shape index (κ1) is 14.4. The molecule has 0 unspecified atom stereocenters. The third-order valence-electron chi connectivity index (χ3n) is 3.26. The van der Waals surface area contributed by atoms with Crippen molar-refractivity contribution >= 4 is 11.3 Å². The smallest absolute Gasteiger partial charge is 0.123 e. The molecule has 1 aliphatic rings.